The van der Waals surface area contributed by atoms with Gasteiger partial charge in [0.05, 0.1) is 5.52 Å². The summed E-state index contributed by atoms with van der Waals surface area (Å²) in [6.45, 7) is 6.46. The lowest BCUT2D eigenvalue weighted by molar-refractivity contribution is 0.736. The van der Waals surface area contributed by atoms with Gasteiger partial charge >= 0.3 is 0 Å². The number of rotatable bonds is 5. The third kappa shape index (κ3) is 2.80. The molecule has 1 heterocycles. The smallest absolute Gasteiger partial charge is 0.139 e. The first-order chi connectivity index (χ1) is 8.76. The summed E-state index contributed by atoms with van der Waals surface area (Å²) in [6, 6.07) is 6.15. The number of fused-ring (bicyclic) bond motifs is 1. The summed E-state index contributed by atoms with van der Waals surface area (Å²) >= 11 is 3.52. The van der Waals surface area contributed by atoms with Crippen LogP contribution in [0.4, 0.5) is 5.82 Å². The van der Waals surface area contributed by atoms with Gasteiger partial charge in [-0.25, -0.2) is 9.97 Å². The van der Waals surface area contributed by atoms with Gasteiger partial charge in [-0.3, -0.25) is 0 Å². The Morgan fingerprint density at radius 3 is 2.50 bits per heavy atom. The summed E-state index contributed by atoms with van der Waals surface area (Å²) in [7, 11) is 0. The van der Waals surface area contributed by atoms with Crippen LogP contribution in [0, 0.1) is 0 Å². The molecule has 0 spiro atoms. The summed E-state index contributed by atoms with van der Waals surface area (Å²) in [5.41, 5.74) is 1.00. The SMILES string of the molecule is CCCN(CCC)c1ncnc2ccc(Br)cc12. The third-order valence-electron chi connectivity index (χ3n) is 2.86. The van der Waals surface area contributed by atoms with Crippen molar-refractivity contribution in [1.82, 2.24) is 9.97 Å². The molecule has 0 radical (unpaired) electrons. The Kier molecular flexibility index (Phi) is 4.53. The topological polar surface area (TPSA) is 29.0 Å². The van der Waals surface area contributed by atoms with Crippen molar-refractivity contribution in [3.05, 3.63) is 29.0 Å². The summed E-state index contributed by atoms with van der Waals surface area (Å²) < 4.78 is 1.07. The number of nitrogens with zero attached hydrogens (tertiary/aromatic N) is 3. The number of anilines is 1. The van der Waals surface area contributed by atoms with Crippen LogP contribution in [0.1, 0.15) is 26.7 Å². The lowest BCUT2D eigenvalue weighted by Gasteiger charge is -2.23. The average Bonchev–Trinajstić information content (AvgIpc) is 2.38. The molecular weight excluding hydrogens is 290 g/mol. The van der Waals surface area contributed by atoms with Crippen LogP contribution in [-0.2, 0) is 0 Å². The van der Waals surface area contributed by atoms with Gasteiger partial charge in [0.25, 0.3) is 0 Å². The molecule has 0 atom stereocenters. The lowest BCUT2D eigenvalue weighted by Crippen LogP contribution is -2.26. The van der Waals surface area contributed by atoms with Crippen molar-refractivity contribution in [3.8, 4) is 0 Å². The zero-order valence-electron chi connectivity index (χ0n) is 10.9. The number of hydrogen-bond acceptors (Lipinski definition) is 3. The van der Waals surface area contributed by atoms with E-state index in [0.717, 1.165) is 47.1 Å². The molecule has 0 bridgehead atoms. The molecule has 0 aliphatic rings. The van der Waals surface area contributed by atoms with E-state index in [0.29, 0.717) is 0 Å². The van der Waals surface area contributed by atoms with E-state index in [2.05, 4.69) is 50.7 Å². The van der Waals surface area contributed by atoms with Crippen LogP contribution in [-0.4, -0.2) is 23.1 Å². The zero-order chi connectivity index (χ0) is 13.0. The van der Waals surface area contributed by atoms with Crippen molar-refractivity contribution in [1.29, 1.82) is 0 Å². The molecule has 2 aromatic rings. The largest absolute Gasteiger partial charge is 0.356 e. The van der Waals surface area contributed by atoms with E-state index < -0.39 is 0 Å². The first kappa shape index (κ1) is 13.3. The monoisotopic (exact) mass is 307 g/mol. The van der Waals surface area contributed by atoms with E-state index >= 15 is 0 Å². The molecule has 3 nitrogen and oxygen atoms in total. The Hall–Kier alpha value is -1.16. The predicted octanol–water partition coefficient (Wildman–Crippen LogP) is 4.02. The van der Waals surface area contributed by atoms with Crippen molar-refractivity contribution in [2.24, 2.45) is 0 Å². The highest BCUT2D eigenvalue weighted by atomic mass is 79.9. The van der Waals surface area contributed by atoms with Crippen LogP contribution in [0.2, 0.25) is 0 Å². The molecule has 96 valence electrons. The molecule has 1 aromatic carbocycles. The molecular formula is C14H18BrN3. The Bertz CT molecular complexity index is 521. The van der Waals surface area contributed by atoms with E-state index in [-0.39, 0.29) is 0 Å². The highest BCUT2D eigenvalue weighted by Gasteiger charge is 2.11. The van der Waals surface area contributed by atoms with Crippen molar-refractivity contribution in [2.45, 2.75) is 26.7 Å². The Morgan fingerprint density at radius 2 is 1.83 bits per heavy atom. The number of benzene rings is 1. The van der Waals surface area contributed by atoms with Gasteiger partial charge in [0.15, 0.2) is 0 Å². The molecule has 4 heteroatoms. The minimum absolute atomic E-state index is 1.00. The number of halogens is 1. The van der Waals surface area contributed by atoms with Gasteiger partial charge in [0.2, 0.25) is 0 Å². The van der Waals surface area contributed by atoms with E-state index in [1.165, 1.54) is 0 Å². The maximum Gasteiger partial charge on any atom is 0.139 e. The minimum Gasteiger partial charge on any atom is -0.356 e. The molecule has 0 unspecified atom stereocenters. The second kappa shape index (κ2) is 6.14. The first-order valence-electron chi connectivity index (χ1n) is 6.41. The standard InChI is InChI=1S/C14H18BrN3/c1-3-7-18(8-4-2)14-12-9-11(15)5-6-13(12)16-10-17-14/h5-6,9-10H,3-4,7-8H2,1-2H3. The van der Waals surface area contributed by atoms with Crippen LogP contribution in [0.25, 0.3) is 10.9 Å². The molecule has 0 saturated heterocycles. The highest BCUT2D eigenvalue weighted by Crippen LogP contribution is 2.26. The van der Waals surface area contributed by atoms with Crippen LogP contribution in [0.15, 0.2) is 29.0 Å². The second-order valence-corrected chi connectivity index (χ2v) is 5.26. The predicted molar refractivity (Wildman–Crippen MR) is 80.0 cm³/mol. The summed E-state index contributed by atoms with van der Waals surface area (Å²) in [4.78, 5) is 11.2. The van der Waals surface area contributed by atoms with E-state index in [1.807, 2.05) is 12.1 Å². The highest BCUT2D eigenvalue weighted by molar-refractivity contribution is 9.10. The first-order valence-corrected chi connectivity index (χ1v) is 7.20. The number of aromatic nitrogens is 2. The fourth-order valence-corrected chi connectivity index (χ4v) is 2.49. The maximum atomic E-state index is 4.48. The fraction of sp³-hybridized carbons (Fsp3) is 0.429. The Balaban J connectivity index is 2.50. The average molecular weight is 308 g/mol. The van der Waals surface area contributed by atoms with Gasteiger partial charge in [-0.15, -0.1) is 0 Å². The molecule has 1 aromatic heterocycles. The molecule has 0 amide bonds. The van der Waals surface area contributed by atoms with Crippen molar-refractivity contribution >= 4 is 32.7 Å². The lowest BCUT2D eigenvalue weighted by atomic mass is 10.2. The van der Waals surface area contributed by atoms with Crippen molar-refractivity contribution < 1.29 is 0 Å². The van der Waals surface area contributed by atoms with Gasteiger partial charge in [0, 0.05) is 22.9 Å². The van der Waals surface area contributed by atoms with Gasteiger partial charge in [-0.2, -0.15) is 0 Å². The normalized spacial score (nSPS) is 10.8. The second-order valence-electron chi connectivity index (χ2n) is 4.35. The van der Waals surface area contributed by atoms with Crippen LogP contribution < -0.4 is 4.90 Å². The van der Waals surface area contributed by atoms with Gasteiger partial charge in [0.1, 0.15) is 12.1 Å². The molecule has 0 N–H and O–H groups in total. The minimum atomic E-state index is 1.00. The zero-order valence-corrected chi connectivity index (χ0v) is 12.4. The van der Waals surface area contributed by atoms with Crippen molar-refractivity contribution in [2.75, 3.05) is 18.0 Å². The molecule has 18 heavy (non-hydrogen) atoms. The van der Waals surface area contributed by atoms with E-state index in [1.54, 1.807) is 6.33 Å². The van der Waals surface area contributed by atoms with E-state index in [4.69, 9.17) is 0 Å². The number of hydrogen-bond donors (Lipinski definition) is 0. The van der Waals surface area contributed by atoms with Crippen molar-refractivity contribution in [3.63, 3.8) is 0 Å². The quantitative estimate of drug-likeness (QED) is 0.835. The maximum absolute atomic E-state index is 4.48. The Labute approximate surface area is 116 Å². The van der Waals surface area contributed by atoms with Crippen LogP contribution in [0.5, 0.6) is 0 Å². The molecule has 0 aliphatic carbocycles. The van der Waals surface area contributed by atoms with Crippen LogP contribution in [0.3, 0.4) is 0 Å². The fourth-order valence-electron chi connectivity index (χ4n) is 2.13. The summed E-state index contributed by atoms with van der Waals surface area (Å²) in [5.74, 6) is 1.05. The van der Waals surface area contributed by atoms with E-state index in [9.17, 15) is 0 Å². The van der Waals surface area contributed by atoms with Gasteiger partial charge < -0.3 is 4.90 Å². The molecule has 0 saturated carbocycles. The van der Waals surface area contributed by atoms with Gasteiger partial charge in [-0.05, 0) is 31.0 Å². The summed E-state index contributed by atoms with van der Waals surface area (Å²) in [6.07, 6.45) is 3.91. The third-order valence-corrected chi connectivity index (χ3v) is 3.36. The molecule has 0 fully saturated rings. The summed E-state index contributed by atoms with van der Waals surface area (Å²) in [5, 5.41) is 1.12. The van der Waals surface area contributed by atoms with Gasteiger partial charge in [-0.1, -0.05) is 29.8 Å². The molecule has 2 rings (SSSR count). The molecule has 0 aliphatic heterocycles. The van der Waals surface area contributed by atoms with Crippen LogP contribution >= 0.6 is 15.9 Å². The Morgan fingerprint density at radius 1 is 1.11 bits per heavy atom.